The number of rotatable bonds is 3. The first kappa shape index (κ1) is 12.0. The molecule has 1 rings (SSSR count). The van der Waals surface area contributed by atoms with E-state index in [0.29, 0.717) is 6.20 Å². The minimum absolute atomic E-state index is 0.216. The highest BCUT2D eigenvalue weighted by molar-refractivity contribution is 5.94. The number of pyridine rings is 1. The van der Waals surface area contributed by atoms with Crippen molar-refractivity contribution in [2.75, 3.05) is 0 Å². The van der Waals surface area contributed by atoms with Gasteiger partial charge in [0.2, 0.25) is 0 Å². The maximum atomic E-state index is 12.4. The van der Waals surface area contributed by atoms with E-state index in [-0.39, 0.29) is 5.69 Å². The van der Waals surface area contributed by atoms with Gasteiger partial charge < -0.3 is 5.11 Å². The Morgan fingerprint density at radius 1 is 1.62 bits per heavy atom. The predicted octanol–water partition coefficient (Wildman–Crippen LogP) is 1.93. The van der Waals surface area contributed by atoms with Gasteiger partial charge in [-0.15, -0.1) is 0 Å². The van der Waals surface area contributed by atoms with Crippen LogP contribution in [0.15, 0.2) is 6.20 Å². The number of hydrogen-bond donors (Lipinski definition) is 1. The van der Waals surface area contributed by atoms with Gasteiger partial charge in [0, 0.05) is 6.20 Å². The van der Waals surface area contributed by atoms with Gasteiger partial charge in [0.05, 0.1) is 10.5 Å². The predicted molar refractivity (Wildman–Crippen MR) is 47.5 cm³/mol. The van der Waals surface area contributed by atoms with Gasteiger partial charge >= 0.3 is 11.7 Å². The second kappa shape index (κ2) is 4.17. The third-order valence-corrected chi connectivity index (χ3v) is 1.90. The summed E-state index contributed by atoms with van der Waals surface area (Å²) in [5.74, 6) is -1.77. The Labute approximate surface area is 87.7 Å². The number of aromatic carboxylic acids is 1. The highest BCUT2D eigenvalue weighted by atomic mass is 19.3. The third kappa shape index (κ3) is 1.95. The van der Waals surface area contributed by atoms with Crippen LogP contribution in [0.1, 0.15) is 28.0 Å². The summed E-state index contributed by atoms with van der Waals surface area (Å²) in [7, 11) is 0. The molecule has 0 fully saturated rings. The molecule has 6 nitrogen and oxygen atoms in total. The molecule has 0 amide bonds. The lowest BCUT2D eigenvalue weighted by molar-refractivity contribution is -0.386. The topological polar surface area (TPSA) is 93.3 Å². The molecule has 0 bridgehead atoms. The van der Waals surface area contributed by atoms with Crippen LogP contribution in [0.5, 0.6) is 0 Å². The Balaban J connectivity index is 3.63. The van der Waals surface area contributed by atoms with Gasteiger partial charge in [-0.2, -0.15) is 0 Å². The van der Waals surface area contributed by atoms with Crippen molar-refractivity contribution in [2.45, 2.75) is 13.3 Å². The SMILES string of the molecule is Cc1ncc(C(F)F)c(C(=O)O)c1[N+](=O)[O-]. The number of carbonyl (C=O) groups is 1. The lowest BCUT2D eigenvalue weighted by Crippen LogP contribution is -2.10. The molecule has 0 spiro atoms. The molecule has 0 saturated carbocycles. The Morgan fingerprint density at radius 2 is 2.19 bits per heavy atom. The van der Waals surface area contributed by atoms with Crippen LogP contribution in [0, 0.1) is 17.0 Å². The Morgan fingerprint density at radius 3 is 2.56 bits per heavy atom. The first-order chi connectivity index (χ1) is 7.36. The zero-order valence-electron chi connectivity index (χ0n) is 7.98. The van der Waals surface area contributed by atoms with Crippen LogP contribution in [0.4, 0.5) is 14.5 Å². The molecule has 1 heterocycles. The monoisotopic (exact) mass is 232 g/mol. The van der Waals surface area contributed by atoms with Gasteiger partial charge in [-0.3, -0.25) is 15.1 Å². The van der Waals surface area contributed by atoms with Crippen LogP contribution >= 0.6 is 0 Å². The van der Waals surface area contributed by atoms with Crippen molar-refractivity contribution in [3.05, 3.63) is 33.1 Å². The van der Waals surface area contributed by atoms with Crippen molar-refractivity contribution in [1.82, 2.24) is 4.98 Å². The standard InChI is InChI=1S/C8H6F2N2O4/c1-3-6(12(15)16)5(8(13)14)4(2-11-3)7(9)10/h2,7H,1H3,(H,13,14). The van der Waals surface area contributed by atoms with E-state index in [1.54, 1.807) is 0 Å². The summed E-state index contributed by atoms with van der Waals surface area (Å²) in [6.45, 7) is 1.18. The molecule has 0 saturated heterocycles. The lowest BCUT2D eigenvalue weighted by atomic mass is 10.1. The molecule has 1 aromatic rings. The van der Waals surface area contributed by atoms with Crippen molar-refractivity contribution in [2.24, 2.45) is 0 Å². The van der Waals surface area contributed by atoms with Gasteiger partial charge in [-0.05, 0) is 6.92 Å². The average Bonchev–Trinajstić information content (AvgIpc) is 2.15. The molecule has 0 aliphatic rings. The molecule has 0 atom stereocenters. The molecule has 0 aromatic carbocycles. The summed E-state index contributed by atoms with van der Waals surface area (Å²) in [4.78, 5) is 23.7. The highest BCUT2D eigenvalue weighted by Gasteiger charge is 2.30. The number of aromatic nitrogens is 1. The maximum Gasteiger partial charge on any atom is 0.343 e. The minimum atomic E-state index is -3.13. The molecule has 8 heteroatoms. The second-order valence-corrected chi connectivity index (χ2v) is 2.89. The van der Waals surface area contributed by atoms with E-state index < -0.39 is 34.1 Å². The third-order valence-electron chi connectivity index (χ3n) is 1.90. The van der Waals surface area contributed by atoms with Crippen LogP contribution in [0.2, 0.25) is 0 Å². The number of halogens is 2. The second-order valence-electron chi connectivity index (χ2n) is 2.89. The zero-order valence-corrected chi connectivity index (χ0v) is 7.98. The van der Waals surface area contributed by atoms with Crippen LogP contribution in [-0.4, -0.2) is 21.0 Å². The molecule has 1 aromatic heterocycles. The lowest BCUT2D eigenvalue weighted by Gasteiger charge is -2.06. The largest absolute Gasteiger partial charge is 0.477 e. The normalized spacial score (nSPS) is 10.5. The van der Waals surface area contributed by atoms with Crippen LogP contribution in [0.25, 0.3) is 0 Å². The molecule has 86 valence electrons. The number of alkyl halides is 2. The van der Waals surface area contributed by atoms with E-state index in [0.717, 1.165) is 0 Å². The van der Waals surface area contributed by atoms with Gasteiger partial charge in [0.1, 0.15) is 11.3 Å². The van der Waals surface area contributed by atoms with E-state index in [2.05, 4.69) is 4.98 Å². The van der Waals surface area contributed by atoms with E-state index in [4.69, 9.17) is 5.11 Å². The molecule has 0 radical (unpaired) electrons. The summed E-state index contributed by atoms with van der Waals surface area (Å²) in [6.07, 6.45) is -2.49. The Hall–Kier alpha value is -2.12. The summed E-state index contributed by atoms with van der Waals surface area (Å²) >= 11 is 0. The van der Waals surface area contributed by atoms with Crippen LogP contribution in [-0.2, 0) is 0 Å². The fourth-order valence-electron chi connectivity index (χ4n) is 1.22. The maximum absolute atomic E-state index is 12.4. The smallest absolute Gasteiger partial charge is 0.343 e. The fourth-order valence-corrected chi connectivity index (χ4v) is 1.22. The van der Waals surface area contributed by atoms with E-state index in [9.17, 15) is 23.7 Å². The average molecular weight is 232 g/mol. The first-order valence-electron chi connectivity index (χ1n) is 4.01. The molecule has 0 aliphatic heterocycles. The van der Waals surface area contributed by atoms with Gasteiger partial charge in [-0.1, -0.05) is 0 Å². The number of aryl methyl sites for hydroxylation is 1. The van der Waals surface area contributed by atoms with Crippen LogP contribution in [0.3, 0.4) is 0 Å². The number of hydrogen-bond acceptors (Lipinski definition) is 4. The summed E-state index contributed by atoms with van der Waals surface area (Å²) in [5, 5.41) is 19.3. The zero-order chi connectivity index (χ0) is 12.5. The quantitative estimate of drug-likeness (QED) is 0.634. The van der Waals surface area contributed by atoms with Gasteiger partial charge in [0.15, 0.2) is 0 Å². The number of carboxylic acid groups (broad SMARTS) is 1. The van der Waals surface area contributed by atoms with Gasteiger partial charge in [-0.25, -0.2) is 13.6 Å². The summed E-state index contributed by atoms with van der Waals surface area (Å²) < 4.78 is 24.9. The molecule has 16 heavy (non-hydrogen) atoms. The van der Waals surface area contributed by atoms with E-state index >= 15 is 0 Å². The highest BCUT2D eigenvalue weighted by Crippen LogP contribution is 2.30. The summed E-state index contributed by atoms with van der Waals surface area (Å²) in [6, 6.07) is 0. The molecular weight excluding hydrogens is 226 g/mol. The van der Waals surface area contributed by atoms with Crippen molar-refractivity contribution < 1.29 is 23.6 Å². The molecular formula is C8H6F2N2O4. The van der Waals surface area contributed by atoms with Crippen molar-refractivity contribution in [3.63, 3.8) is 0 Å². The molecule has 0 unspecified atom stereocenters. The van der Waals surface area contributed by atoms with Crippen molar-refractivity contribution in [1.29, 1.82) is 0 Å². The van der Waals surface area contributed by atoms with E-state index in [1.165, 1.54) is 6.92 Å². The molecule has 0 aliphatic carbocycles. The number of carboxylic acids is 1. The number of nitrogens with zero attached hydrogens (tertiary/aromatic N) is 2. The minimum Gasteiger partial charge on any atom is -0.477 e. The van der Waals surface area contributed by atoms with Crippen molar-refractivity contribution in [3.8, 4) is 0 Å². The molecule has 1 N–H and O–H groups in total. The van der Waals surface area contributed by atoms with Crippen molar-refractivity contribution >= 4 is 11.7 Å². The first-order valence-corrected chi connectivity index (χ1v) is 4.01. The fraction of sp³-hybridized carbons (Fsp3) is 0.250. The van der Waals surface area contributed by atoms with Gasteiger partial charge in [0.25, 0.3) is 6.43 Å². The Bertz CT molecular complexity index is 462. The Kier molecular flexibility index (Phi) is 3.11. The van der Waals surface area contributed by atoms with Crippen LogP contribution < -0.4 is 0 Å². The summed E-state index contributed by atoms with van der Waals surface area (Å²) in [5.41, 5.74) is -3.07. The van der Waals surface area contributed by atoms with E-state index in [1.807, 2.05) is 0 Å². The number of nitro groups is 1.